The van der Waals surface area contributed by atoms with Crippen molar-refractivity contribution in [3.8, 4) is 16.9 Å². The highest BCUT2D eigenvalue weighted by Crippen LogP contribution is 2.24. The Balaban J connectivity index is 1.68. The number of nitrogens with two attached hydrogens (primary N) is 1. The van der Waals surface area contributed by atoms with Crippen LogP contribution in [-0.2, 0) is 6.54 Å². The van der Waals surface area contributed by atoms with Crippen molar-refractivity contribution in [1.29, 1.82) is 0 Å². The van der Waals surface area contributed by atoms with Gasteiger partial charge in [-0.05, 0) is 24.3 Å². The molecule has 8 heteroatoms. The van der Waals surface area contributed by atoms with Gasteiger partial charge in [0.15, 0.2) is 0 Å². The Labute approximate surface area is 160 Å². The van der Waals surface area contributed by atoms with Gasteiger partial charge < -0.3 is 11.1 Å². The summed E-state index contributed by atoms with van der Waals surface area (Å²) in [4.78, 5) is 12.1. The second kappa shape index (κ2) is 7.43. The van der Waals surface area contributed by atoms with Crippen LogP contribution >= 0.6 is 11.6 Å². The van der Waals surface area contributed by atoms with Crippen LogP contribution < -0.4 is 11.1 Å². The van der Waals surface area contributed by atoms with Crippen LogP contribution in [0.4, 0.5) is 11.8 Å². The molecule has 0 aliphatic carbocycles. The van der Waals surface area contributed by atoms with Gasteiger partial charge in [-0.1, -0.05) is 29.8 Å². The van der Waals surface area contributed by atoms with Gasteiger partial charge in [0.2, 0.25) is 5.95 Å². The highest BCUT2D eigenvalue weighted by Gasteiger charge is 2.13. The molecule has 3 N–H and O–H groups in total. The molecule has 4 aromatic rings. The number of anilines is 2. The first kappa shape index (κ1) is 17.0. The summed E-state index contributed by atoms with van der Waals surface area (Å²) >= 11 is 5.95. The first-order valence-electron chi connectivity index (χ1n) is 8.27. The van der Waals surface area contributed by atoms with Gasteiger partial charge in [0.05, 0.1) is 11.4 Å². The summed E-state index contributed by atoms with van der Waals surface area (Å²) < 4.78 is 1.86. The summed E-state index contributed by atoms with van der Waals surface area (Å²) in [5.74, 6) is 0.681. The molecule has 3 heterocycles. The summed E-state index contributed by atoms with van der Waals surface area (Å²) in [6.07, 6.45) is 5.49. The smallest absolute Gasteiger partial charge is 0.223 e. The lowest BCUT2D eigenvalue weighted by Crippen LogP contribution is -2.04. The van der Waals surface area contributed by atoms with E-state index in [4.69, 9.17) is 22.4 Å². The van der Waals surface area contributed by atoms with Gasteiger partial charge in [-0.3, -0.25) is 4.98 Å². The number of para-hydroxylation sites is 1. The van der Waals surface area contributed by atoms with Crippen molar-refractivity contribution in [2.24, 2.45) is 0 Å². The molecule has 0 aliphatic rings. The maximum Gasteiger partial charge on any atom is 0.223 e. The van der Waals surface area contributed by atoms with Crippen LogP contribution in [0, 0.1) is 0 Å². The standard InChI is InChI=1S/C19H16ClN7/c20-16-10-17(25-19(21)24-16)23-11-14-12-27(15-4-2-1-3-5-15)26-18(14)13-6-8-22-9-7-13/h1-10,12H,11H2,(H3,21,23,24,25). The lowest BCUT2D eigenvalue weighted by Gasteiger charge is -2.06. The molecule has 0 saturated heterocycles. The van der Waals surface area contributed by atoms with Crippen LogP contribution in [0.1, 0.15) is 5.56 Å². The molecule has 0 unspecified atom stereocenters. The number of aromatic nitrogens is 5. The summed E-state index contributed by atoms with van der Waals surface area (Å²) in [5, 5.41) is 8.29. The van der Waals surface area contributed by atoms with Crippen molar-refractivity contribution in [3.05, 3.63) is 77.8 Å². The molecule has 0 radical (unpaired) electrons. The largest absolute Gasteiger partial charge is 0.368 e. The molecule has 1 aromatic carbocycles. The third-order valence-corrected chi connectivity index (χ3v) is 4.13. The van der Waals surface area contributed by atoms with Gasteiger partial charge in [0, 0.05) is 42.3 Å². The fraction of sp³-hybridized carbons (Fsp3) is 0.0526. The topological polar surface area (TPSA) is 94.5 Å². The molecule has 0 bridgehead atoms. The average molecular weight is 378 g/mol. The number of hydrogen-bond acceptors (Lipinski definition) is 6. The van der Waals surface area contributed by atoms with E-state index in [1.807, 2.05) is 53.3 Å². The van der Waals surface area contributed by atoms with E-state index in [9.17, 15) is 0 Å². The third kappa shape index (κ3) is 3.88. The first-order valence-corrected chi connectivity index (χ1v) is 8.65. The number of pyridine rings is 1. The Morgan fingerprint density at radius 3 is 2.56 bits per heavy atom. The Morgan fingerprint density at radius 2 is 1.81 bits per heavy atom. The summed E-state index contributed by atoms with van der Waals surface area (Å²) in [6.45, 7) is 0.497. The Bertz CT molecular complexity index is 1030. The van der Waals surface area contributed by atoms with Crippen molar-refractivity contribution >= 4 is 23.4 Å². The Hall–Kier alpha value is -3.45. The maximum atomic E-state index is 5.95. The Kier molecular flexibility index (Phi) is 4.67. The van der Waals surface area contributed by atoms with E-state index in [2.05, 4.69) is 20.3 Å². The number of benzene rings is 1. The molecule has 0 spiro atoms. The molecule has 0 aliphatic heterocycles. The molecule has 0 fully saturated rings. The van der Waals surface area contributed by atoms with Crippen LogP contribution in [0.25, 0.3) is 16.9 Å². The second-order valence-corrected chi connectivity index (χ2v) is 6.19. The van der Waals surface area contributed by atoms with Gasteiger partial charge in [0.1, 0.15) is 11.0 Å². The van der Waals surface area contributed by atoms with E-state index in [1.165, 1.54) is 0 Å². The lowest BCUT2D eigenvalue weighted by atomic mass is 10.1. The fourth-order valence-corrected chi connectivity index (χ4v) is 2.91. The van der Waals surface area contributed by atoms with E-state index in [-0.39, 0.29) is 5.95 Å². The van der Waals surface area contributed by atoms with E-state index in [0.717, 1.165) is 22.5 Å². The van der Waals surface area contributed by atoms with E-state index < -0.39 is 0 Å². The molecule has 134 valence electrons. The molecule has 7 nitrogen and oxygen atoms in total. The van der Waals surface area contributed by atoms with Crippen molar-refractivity contribution < 1.29 is 0 Å². The minimum Gasteiger partial charge on any atom is -0.368 e. The number of hydrogen-bond donors (Lipinski definition) is 2. The maximum absolute atomic E-state index is 5.95. The average Bonchev–Trinajstić information content (AvgIpc) is 3.11. The quantitative estimate of drug-likeness (QED) is 0.516. The van der Waals surface area contributed by atoms with Gasteiger partial charge in [-0.25, -0.2) is 9.67 Å². The van der Waals surface area contributed by atoms with Crippen LogP contribution in [0.5, 0.6) is 0 Å². The monoisotopic (exact) mass is 377 g/mol. The minimum atomic E-state index is 0.124. The number of nitrogen functional groups attached to an aromatic ring is 1. The molecular formula is C19H16ClN7. The molecule has 27 heavy (non-hydrogen) atoms. The summed E-state index contributed by atoms with van der Waals surface area (Å²) in [5.41, 5.74) is 9.48. The van der Waals surface area contributed by atoms with Crippen molar-refractivity contribution in [1.82, 2.24) is 24.7 Å². The zero-order chi connectivity index (χ0) is 18.6. The molecule has 4 rings (SSSR count). The van der Waals surface area contributed by atoms with Crippen molar-refractivity contribution in [3.63, 3.8) is 0 Å². The number of rotatable bonds is 5. The molecule has 0 amide bonds. The van der Waals surface area contributed by atoms with Crippen LogP contribution in [0.15, 0.2) is 67.1 Å². The summed E-state index contributed by atoms with van der Waals surface area (Å²) in [6, 6.07) is 15.4. The van der Waals surface area contributed by atoms with E-state index in [1.54, 1.807) is 18.5 Å². The zero-order valence-electron chi connectivity index (χ0n) is 14.2. The van der Waals surface area contributed by atoms with Crippen molar-refractivity contribution in [2.75, 3.05) is 11.1 Å². The minimum absolute atomic E-state index is 0.124. The lowest BCUT2D eigenvalue weighted by molar-refractivity contribution is 0.883. The van der Waals surface area contributed by atoms with Crippen LogP contribution in [0.3, 0.4) is 0 Å². The highest BCUT2D eigenvalue weighted by atomic mass is 35.5. The SMILES string of the molecule is Nc1nc(Cl)cc(NCc2cn(-c3ccccc3)nc2-c2ccncc2)n1. The van der Waals surface area contributed by atoms with E-state index >= 15 is 0 Å². The molecule has 0 saturated carbocycles. The Morgan fingerprint density at radius 1 is 1.04 bits per heavy atom. The second-order valence-electron chi connectivity index (χ2n) is 5.81. The van der Waals surface area contributed by atoms with Gasteiger partial charge >= 0.3 is 0 Å². The van der Waals surface area contributed by atoms with Gasteiger partial charge in [0.25, 0.3) is 0 Å². The van der Waals surface area contributed by atoms with Crippen LogP contribution in [0.2, 0.25) is 5.15 Å². The zero-order valence-corrected chi connectivity index (χ0v) is 15.0. The van der Waals surface area contributed by atoms with Gasteiger partial charge in [-0.15, -0.1) is 0 Å². The highest BCUT2D eigenvalue weighted by molar-refractivity contribution is 6.29. The molecular weight excluding hydrogens is 362 g/mol. The predicted octanol–water partition coefficient (Wildman–Crippen LogP) is 3.57. The summed E-state index contributed by atoms with van der Waals surface area (Å²) in [7, 11) is 0. The number of nitrogens with one attached hydrogen (secondary N) is 1. The third-order valence-electron chi connectivity index (χ3n) is 3.94. The molecule has 3 aromatic heterocycles. The first-order chi connectivity index (χ1) is 13.2. The van der Waals surface area contributed by atoms with Crippen LogP contribution in [-0.4, -0.2) is 24.7 Å². The molecule has 0 atom stereocenters. The number of nitrogens with zero attached hydrogens (tertiary/aromatic N) is 5. The number of halogens is 1. The van der Waals surface area contributed by atoms with Gasteiger partial charge in [-0.2, -0.15) is 10.1 Å². The van der Waals surface area contributed by atoms with E-state index in [0.29, 0.717) is 17.5 Å². The normalized spacial score (nSPS) is 10.7. The predicted molar refractivity (Wildman–Crippen MR) is 106 cm³/mol. The van der Waals surface area contributed by atoms with Crippen molar-refractivity contribution in [2.45, 2.75) is 6.54 Å². The fourth-order valence-electron chi connectivity index (χ4n) is 2.72.